The Balaban J connectivity index is 2.46. The summed E-state index contributed by atoms with van der Waals surface area (Å²) in [5.74, 6) is 0.647. The van der Waals surface area contributed by atoms with E-state index in [9.17, 15) is 4.79 Å². The van der Waals surface area contributed by atoms with Crippen molar-refractivity contribution in [1.29, 1.82) is 0 Å². The van der Waals surface area contributed by atoms with Crippen LogP contribution in [-0.4, -0.2) is 23.6 Å². The number of aromatic nitrogens is 2. The van der Waals surface area contributed by atoms with Crippen molar-refractivity contribution < 1.29 is 0 Å². The van der Waals surface area contributed by atoms with Crippen molar-refractivity contribution in [3.8, 4) is 11.4 Å². The molecule has 4 heteroatoms. The first kappa shape index (κ1) is 13.5. The third-order valence-corrected chi connectivity index (χ3v) is 3.25. The lowest BCUT2D eigenvalue weighted by atomic mass is 10.1. The van der Waals surface area contributed by atoms with Gasteiger partial charge in [0.2, 0.25) is 0 Å². The van der Waals surface area contributed by atoms with Crippen molar-refractivity contribution in [2.24, 2.45) is 0 Å². The highest BCUT2D eigenvalue weighted by molar-refractivity contribution is 5.59. The highest BCUT2D eigenvalue weighted by Crippen LogP contribution is 2.18. The third-order valence-electron chi connectivity index (χ3n) is 3.25. The van der Waals surface area contributed by atoms with Gasteiger partial charge in [0.05, 0.1) is 0 Å². The number of benzene rings is 1. The SMILES string of the molecule is CNCCc1c(C)nc(-c2ccccc2C)[nH]c1=O. The quantitative estimate of drug-likeness (QED) is 0.878. The fourth-order valence-electron chi connectivity index (χ4n) is 2.12. The summed E-state index contributed by atoms with van der Waals surface area (Å²) in [5.41, 5.74) is 3.60. The molecule has 0 amide bonds. The average Bonchev–Trinajstić information content (AvgIpc) is 2.38. The maximum Gasteiger partial charge on any atom is 0.254 e. The summed E-state index contributed by atoms with van der Waals surface area (Å²) >= 11 is 0. The normalized spacial score (nSPS) is 10.7. The predicted octanol–water partition coefficient (Wildman–Crippen LogP) is 1.82. The van der Waals surface area contributed by atoms with Crippen molar-refractivity contribution in [1.82, 2.24) is 15.3 Å². The third kappa shape index (κ3) is 2.90. The van der Waals surface area contributed by atoms with Crippen LogP contribution >= 0.6 is 0 Å². The fraction of sp³-hybridized carbons (Fsp3) is 0.333. The van der Waals surface area contributed by atoms with E-state index in [0.717, 1.165) is 28.9 Å². The lowest BCUT2D eigenvalue weighted by molar-refractivity contribution is 0.774. The molecule has 0 aliphatic rings. The maximum absolute atomic E-state index is 12.1. The molecule has 0 saturated heterocycles. The van der Waals surface area contributed by atoms with Crippen LogP contribution in [-0.2, 0) is 6.42 Å². The molecule has 0 atom stereocenters. The Morgan fingerprint density at radius 2 is 2.00 bits per heavy atom. The zero-order chi connectivity index (χ0) is 13.8. The molecule has 2 N–H and O–H groups in total. The smallest absolute Gasteiger partial charge is 0.254 e. The molecule has 4 nitrogen and oxygen atoms in total. The van der Waals surface area contributed by atoms with E-state index in [0.29, 0.717) is 12.2 Å². The predicted molar refractivity (Wildman–Crippen MR) is 77.4 cm³/mol. The Kier molecular flexibility index (Phi) is 4.12. The van der Waals surface area contributed by atoms with Gasteiger partial charge in [0.1, 0.15) is 5.82 Å². The molecule has 0 fully saturated rings. The maximum atomic E-state index is 12.1. The summed E-state index contributed by atoms with van der Waals surface area (Å²) in [4.78, 5) is 19.6. The van der Waals surface area contributed by atoms with Crippen molar-refractivity contribution in [3.63, 3.8) is 0 Å². The Bertz CT molecular complexity index is 632. The Hall–Kier alpha value is -1.94. The van der Waals surface area contributed by atoms with Crippen LogP contribution in [0.25, 0.3) is 11.4 Å². The molecule has 19 heavy (non-hydrogen) atoms. The summed E-state index contributed by atoms with van der Waals surface area (Å²) in [7, 11) is 1.87. The summed E-state index contributed by atoms with van der Waals surface area (Å²) in [5, 5.41) is 3.05. The van der Waals surface area contributed by atoms with Crippen molar-refractivity contribution >= 4 is 0 Å². The van der Waals surface area contributed by atoms with Crippen LogP contribution in [0.2, 0.25) is 0 Å². The number of nitrogens with zero attached hydrogens (tertiary/aromatic N) is 1. The number of H-pyrrole nitrogens is 1. The van der Waals surface area contributed by atoms with Gasteiger partial charge in [0, 0.05) is 16.8 Å². The standard InChI is InChI=1S/C15H19N3O/c1-10-6-4-5-7-12(10)14-17-11(2)13(8-9-16-3)15(19)18-14/h4-7,16H,8-9H2,1-3H3,(H,17,18,19). The van der Waals surface area contributed by atoms with Gasteiger partial charge < -0.3 is 10.3 Å². The van der Waals surface area contributed by atoms with Crippen molar-refractivity contribution in [2.75, 3.05) is 13.6 Å². The lowest BCUT2D eigenvalue weighted by Crippen LogP contribution is -2.21. The van der Waals surface area contributed by atoms with Crippen LogP contribution < -0.4 is 10.9 Å². The average molecular weight is 257 g/mol. The number of hydrogen-bond donors (Lipinski definition) is 2. The van der Waals surface area contributed by atoms with E-state index in [4.69, 9.17) is 0 Å². The molecule has 1 aromatic heterocycles. The van der Waals surface area contributed by atoms with E-state index in [-0.39, 0.29) is 5.56 Å². The van der Waals surface area contributed by atoms with E-state index < -0.39 is 0 Å². The Morgan fingerprint density at radius 1 is 1.26 bits per heavy atom. The van der Waals surface area contributed by atoms with E-state index in [2.05, 4.69) is 15.3 Å². The second kappa shape index (κ2) is 5.80. The number of aryl methyl sites for hydroxylation is 2. The number of nitrogens with one attached hydrogen (secondary N) is 2. The van der Waals surface area contributed by atoms with Crippen LogP contribution in [0.15, 0.2) is 29.1 Å². The second-order valence-corrected chi connectivity index (χ2v) is 4.65. The van der Waals surface area contributed by atoms with Gasteiger partial charge in [-0.25, -0.2) is 4.98 Å². The zero-order valence-corrected chi connectivity index (χ0v) is 11.6. The summed E-state index contributed by atoms with van der Waals surface area (Å²) in [6.07, 6.45) is 0.693. The highest BCUT2D eigenvalue weighted by atomic mass is 16.1. The highest BCUT2D eigenvalue weighted by Gasteiger charge is 2.10. The second-order valence-electron chi connectivity index (χ2n) is 4.65. The van der Waals surface area contributed by atoms with Crippen LogP contribution in [0, 0.1) is 13.8 Å². The molecule has 0 aliphatic heterocycles. The Morgan fingerprint density at radius 3 is 2.63 bits per heavy atom. The molecule has 100 valence electrons. The van der Waals surface area contributed by atoms with Crippen LogP contribution in [0.1, 0.15) is 16.8 Å². The first-order valence-corrected chi connectivity index (χ1v) is 6.44. The number of rotatable bonds is 4. The van der Waals surface area contributed by atoms with E-state index in [1.54, 1.807) is 0 Å². The minimum atomic E-state index is -0.0407. The van der Waals surface area contributed by atoms with Crippen LogP contribution in [0.5, 0.6) is 0 Å². The molecule has 1 aromatic carbocycles. The molecular weight excluding hydrogens is 238 g/mol. The van der Waals surface area contributed by atoms with Gasteiger partial charge in [-0.1, -0.05) is 24.3 Å². The van der Waals surface area contributed by atoms with Gasteiger partial charge in [-0.3, -0.25) is 4.79 Å². The van der Waals surface area contributed by atoms with Gasteiger partial charge in [-0.05, 0) is 39.4 Å². The number of likely N-dealkylation sites (N-methyl/N-ethyl adjacent to an activating group) is 1. The zero-order valence-electron chi connectivity index (χ0n) is 11.6. The molecular formula is C15H19N3O. The lowest BCUT2D eigenvalue weighted by Gasteiger charge is -2.09. The molecule has 0 spiro atoms. The number of aromatic amines is 1. The van der Waals surface area contributed by atoms with Crippen LogP contribution in [0.3, 0.4) is 0 Å². The summed E-state index contributed by atoms with van der Waals surface area (Å²) < 4.78 is 0. The minimum Gasteiger partial charge on any atom is -0.319 e. The molecule has 0 radical (unpaired) electrons. The largest absolute Gasteiger partial charge is 0.319 e. The van der Waals surface area contributed by atoms with E-state index in [1.165, 1.54) is 0 Å². The van der Waals surface area contributed by atoms with Gasteiger partial charge >= 0.3 is 0 Å². The molecule has 0 unspecified atom stereocenters. The summed E-state index contributed by atoms with van der Waals surface area (Å²) in [6, 6.07) is 7.91. The molecule has 2 aromatic rings. The van der Waals surface area contributed by atoms with Gasteiger partial charge in [0.25, 0.3) is 5.56 Å². The van der Waals surface area contributed by atoms with Crippen molar-refractivity contribution in [3.05, 3.63) is 51.4 Å². The Labute approximate surface area is 112 Å². The first-order valence-electron chi connectivity index (χ1n) is 6.44. The molecule has 0 bridgehead atoms. The van der Waals surface area contributed by atoms with E-state index >= 15 is 0 Å². The molecule has 0 saturated carbocycles. The minimum absolute atomic E-state index is 0.0407. The molecule has 2 rings (SSSR count). The van der Waals surface area contributed by atoms with Gasteiger partial charge in [-0.15, -0.1) is 0 Å². The fourth-order valence-corrected chi connectivity index (χ4v) is 2.12. The first-order chi connectivity index (χ1) is 9.13. The topological polar surface area (TPSA) is 57.8 Å². The molecule has 1 heterocycles. The monoisotopic (exact) mass is 257 g/mol. The van der Waals surface area contributed by atoms with Crippen molar-refractivity contribution in [2.45, 2.75) is 20.3 Å². The summed E-state index contributed by atoms with van der Waals surface area (Å²) in [6.45, 7) is 4.68. The van der Waals surface area contributed by atoms with Crippen LogP contribution in [0.4, 0.5) is 0 Å². The van der Waals surface area contributed by atoms with Gasteiger partial charge in [0.15, 0.2) is 0 Å². The van der Waals surface area contributed by atoms with E-state index in [1.807, 2.05) is 45.2 Å². The number of hydrogen-bond acceptors (Lipinski definition) is 3. The molecule has 0 aliphatic carbocycles. The van der Waals surface area contributed by atoms with Gasteiger partial charge in [-0.2, -0.15) is 0 Å².